The topological polar surface area (TPSA) is 57.1 Å². The molecule has 1 aliphatic heterocycles. The molecule has 1 aromatic rings. The van der Waals surface area contributed by atoms with E-state index in [1.165, 1.54) is 12.8 Å². The number of aliphatic imine (C=N–C) groups is 1. The maximum absolute atomic E-state index is 12.1. The van der Waals surface area contributed by atoms with Crippen LogP contribution in [0.1, 0.15) is 52.5 Å². The van der Waals surface area contributed by atoms with Crippen molar-refractivity contribution in [3.8, 4) is 0 Å². The number of nitrogens with zero attached hydrogens (tertiary/aromatic N) is 1. The molecule has 0 radical (unpaired) electrons. The van der Waals surface area contributed by atoms with Crippen molar-refractivity contribution in [1.82, 2.24) is 0 Å². The number of fused-ring (bicyclic) bond motifs is 5. The van der Waals surface area contributed by atoms with Crippen LogP contribution in [0.3, 0.4) is 0 Å². The summed E-state index contributed by atoms with van der Waals surface area (Å²) in [6.07, 6.45) is 1.92. The van der Waals surface area contributed by atoms with Crippen molar-refractivity contribution in [3.63, 3.8) is 0 Å². The molecule has 0 N–H and O–H groups in total. The highest BCUT2D eigenvalue weighted by Gasteiger charge is 2.69. The van der Waals surface area contributed by atoms with Gasteiger partial charge in [-0.05, 0) is 36.2 Å². The highest BCUT2D eigenvalue weighted by Crippen LogP contribution is 2.68. The first-order valence-electron chi connectivity index (χ1n) is 9.98. The zero-order valence-electron chi connectivity index (χ0n) is 16.6. The van der Waals surface area contributed by atoms with Crippen LogP contribution in [0.5, 0.6) is 0 Å². The van der Waals surface area contributed by atoms with Crippen LogP contribution in [0.15, 0.2) is 35.3 Å². The zero-order valence-corrected chi connectivity index (χ0v) is 16.6. The molecule has 1 aromatic carbocycles. The Balaban J connectivity index is 1.40. The largest absolute Gasteiger partial charge is 0.509 e. The third-order valence-corrected chi connectivity index (χ3v) is 7.33. The molecule has 5 heteroatoms. The molecule has 2 fully saturated rings. The lowest BCUT2D eigenvalue weighted by Gasteiger charge is -2.38. The van der Waals surface area contributed by atoms with Crippen LogP contribution in [-0.2, 0) is 20.8 Å². The quantitative estimate of drug-likeness (QED) is 0.702. The lowest BCUT2D eigenvalue weighted by molar-refractivity contribution is 0.00493. The molecule has 2 saturated carbocycles. The van der Waals surface area contributed by atoms with Crippen LogP contribution in [-0.4, -0.2) is 30.3 Å². The summed E-state index contributed by atoms with van der Waals surface area (Å²) in [7, 11) is 0. The van der Waals surface area contributed by atoms with E-state index in [9.17, 15) is 4.79 Å². The van der Waals surface area contributed by atoms with Gasteiger partial charge >= 0.3 is 6.16 Å². The highest BCUT2D eigenvalue weighted by atomic mass is 16.7. The van der Waals surface area contributed by atoms with Gasteiger partial charge in [0.25, 0.3) is 0 Å². The van der Waals surface area contributed by atoms with Gasteiger partial charge in [0.15, 0.2) is 6.10 Å². The Hall–Kier alpha value is -2.04. The lowest BCUT2D eigenvalue weighted by atomic mass is 9.70. The maximum atomic E-state index is 12.1. The standard InChI is InChI=1S/C22H29NO4/c1-5-16(26-20(24)25-13-14-9-7-6-8-10-14)19-23-17-15-11-12-22(4,18(17)27-19)21(15,2)3/h6-10,15-18H,5,11-13H2,1-4H3/t15-,16-,17-,18-,22+/m1/s1. The summed E-state index contributed by atoms with van der Waals surface area (Å²) in [6.45, 7) is 9.18. The summed E-state index contributed by atoms with van der Waals surface area (Å²) >= 11 is 0. The predicted molar refractivity (Wildman–Crippen MR) is 102 cm³/mol. The third kappa shape index (κ3) is 2.82. The summed E-state index contributed by atoms with van der Waals surface area (Å²) in [5, 5.41) is 0. The van der Waals surface area contributed by atoms with E-state index in [1.807, 2.05) is 37.3 Å². The van der Waals surface area contributed by atoms with E-state index in [0.29, 0.717) is 18.2 Å². The van der Waals surface area contributed by atoms with Crippen molar-refractivity contribution in [2.24, 2.45) is 21.7 Å². The van der Waals surface area contributed by atoms with E-state index >= 15 is 0 Å². The van der Waals surface area contributed by atoms with Gasteiger partial charge in [0.2, 0.25) is 5.90 Å². The van der Waals surface area contributed by atoms with Gasteiger partial charge in [-0.1, -0.05) is 58.0 Å². The summed E-state index contributed by atoms with van der Waals surface area (Å²) < 4.78 is 17.1. The molecule has 3 aliphatic rings. The zero-order chi connectivity index (χ0) is 19.2. The number of ether oxygens (including phenoxy) is 3. The van der Waals surface area contributed by atoms with Gasteiger partial charge in [-0.25, -0.2) is 9.79 Å². The van der Waals surface area contributed by atoms with E-state index in [4.69, 9.17) is 19.2 Å². The van der Waals surface area contributed by atoms with Gasteiger partial charge in [-0.2, -0.15) is 0 Å². The summed E-state index contributed by atoms with van der Waals surface area (Å²) in [5.74, 6) is 1.10. The molecular formula is C22H29NO4. The Bertz CT molecular complexity index is 744. The van der Waals surface area contributed by atoms with Crippen molar-refractivity contribution in [2.75, 3.05) is 0 Å². The van der Waals surface area contributed by atoms with Gasteiger partial charge in [0, 0.05) is 5.41 Å². The Morgan fingerprint density at radius 1 is 1.30 bits per heavy atom. The minimum atomic E-state index is -0.677. The number of rotatable bonds is 5. The van der Waals surface area contributed by atoms with E-state index in [1.54, 1.807) is 0 Å². The number of benzene rings is 1. The Labute approximate surface area is 161 Å². The van der Waals surface area contributed by atoms with Crippen LogP contribution < -0.4 is 0 Å². The molecule has 4 rings (SSSR count). The minimum Gasteiger partial charge on any atom is -0.472 e. The molecule has 0 amide bonds. The van der Waals surface area contributed by atoms with Crippen molar-refractivity contribution in [3.05, 3.63) is 35.9 Å². The second-order valence-electron chi connectivity index (χ2n) is 8.82. The second-order valence-corrected chi connectivity index (χ2v) is 8.82. The van der Waals surface area contributed by atoms with Crippen LogP contribution in [0, 0.1) is 16.7 Å². The molecule has 5 atom stereocenters. The molecule has 2 aliphatic carbocycles. The first-order chi connectivity index (χ1) is 12.9. The highest BCUT2D eigenvalue weighted by molar-refractivity contribution is 5.84. The first-order valence-corrected chi connectivity index (χ1v) is 9.98. The average molecular weight is 371 g/mol. The van der Waals surface area contributed by atoms with Crippen LogP contribution in [0.25, 0.3) is 0 Å². The molecule has 1 heterocycles. The lowest BCUT2D eigenvalue weighted by Crippen LogP contribution is -2.40. The molecule has 0 spiro atoms. The Morgan fingerprint density at radius 3 is 2.70 bits per heavy atom. The molecule has 0 unspecified atom stereocenters. The molecule has 5 nitrogen and oxygen atoms in total. The Morgan fingerprint density at radius 2 is 2.04 bits per heavy atom. The predicted octanol–water partition coefficient (Wildman–Crippen LogP) is 4.74. The first kappa shape index (κ1) is 18.3. The van der Waals surface area contributed by atoms with Crippen LogP contribution in [0.2, 0.25) is 0 Å². The van der Waals surface area contributed by atoms with Crippen molar-refractivity contribution in [1.29, 1.82) is 0 Å². The monoisotopic (exact) mass is 371 g/mol. The smallest absolute Gasteiger partial charge is 0.472 e. The van der Waals surface area contributed by atoms with Gasteiger partial charge < -0.3 is 14.2 Å². The second kappa shape index (κ2) is 6.54. The third-order valence-electron chi connectivity index (χ3n) is 7.33. The molecule has 0 saturated heterocycles. The maximum Gasteiger partial charge on any atom is 0.509 e. The van der Waals surface area contributed by atoms with Crippen molar-refractivity contribution >= 4 is 12.1 Å². The minimum absolute atomic E-state index is 0.0965. The summed E-state index contributed by atoms with van der Waals surface area (Å²) in [6, 6.07) is 9.76. The van der Waals surface area contributed by atoms with Gasteiger partial charge in [-0.3, -0.25) is 0 Å². The fourth-order valence-electron chi connectivity index (χ4n) is 5.26. The number of carbonyl (C=O) groups excluding carboxylic acids is 1. The van der Waals surface area contributed by atoms with Crippen molar-refractivity contribution < 1.29 is 19.0 Å². The molecule has 0 aromatic heterocycles. The van der Waals surface area contributed by atoms with Crippen LogP contribution in [0.4, 0.5) is 4.79 Å². The molecular weight excluding hydrogens is 342 g/mol. The average Bonchev–Trinajstić information content (AvgIpc) is 3.24. The van der Waals surface area contributed by atoms with E-state index in [0.717, 1.165) is 5.56 Å². The van der Waals surface area contributed by atoms with Gasteiger partial charge in [0.05, 0.1) is 6.04 Å². The summed E-state index contributed by atoms with van der Waals surface area (Å²) in [4.78, 5) is 17.0. The van der Waals surface area contributed by atoms with Crippen LogP contribution >= 0.6 is 0 Å². The SMILES string of the molecule is CC[C@@H](OC(=O)OCc1ccccc1)C1=N[C@@H]2[C@H]3CC[C@@](C)([C@@H]2O1)C3(C)C. The number of hydrogen-bond acceptors (Lipinski definition) is 5. The van der Waals surface area contributed by atoms with E-state index in [2.05, 4.69) is 20.8 Å². The molecule has 2 bridgehead atoms. The summed E-state index contributed by atoms with van der Waals surface area (Å²) in [5.41, 5.74) is 1.28. The Kier molecular flexibility index (Phi) is 4.44. The molecule has 146 valence electrons. The normalized spacial score (nSPS) is 33.8. The van der Waals surface area contributed by atoms with Crippen molar-refractivity contribution in [2.45, 2.75) is 71.8 Å². The number of hydrogen-bond donors (Lipinski definition) is 0. The van der Waals surface area contributed by atoms with E-state index < -0.39 is 12.3 Å². The van der Waals surface area contributed by atoms with E-state index in [-0.39, 0.29) is 29.6 Å². The molecule has 27 heavy (non-hydrogen) atoms. The van der Waals surface area contributed by atoms with Gasteiger partial charge in [-0.15, -0.1) is 0 Å². The fourth-order valence-corrected chi connectivity index (χ4v) is 5.26. The fraction of sp³-hybridized carbons (Fsp3) is 0.636. The number of carbonyl (C=O) groups is 1. The van der Waals surface area contributed by atoms with Gasteiger partial charge in [0.1, 0.15) is 12.7 Å².